The first-order valence-corrected chi connectivity index (χ1v) is 12.0. The smallest absolute Gasteiger partial charge is 0.266 e. The highest BCUT2D eigenvalue weighted by molar-refractivity contribution is 14.1. The topological polar surface area (TPSA) is 62.1 Å². The Hall–Kier alpha value is -2.63. The van der Waals surface area contributed by atoms with Crippen LogP contribution in [0.5, 0.6) is 5.75 Å². The van der Waals surface area contributed by atoms with E-state index in [4.69, 9.17) is 4.74 Å². The SMILES string of the molecule is CCc1ccc(NC(=O)/C(C#N)=C/c2cc(Br)c(OCc3cccc(C)c3)c(I)c2)cc1. The molecule has 0 fully saturated rings. The van der Waals surface area contributed by atoms with Gasteiger partial charge in [0.05, 0.1) is 8.04 Å². The third-order valence-electron chi connectivity index (χ3n) is 4.78. The lowest BCUT2D eigenvalue weighted by Crippen LogP contribution is -2.13. The van der Waals surface area contributed by atoms with Crippen molar-refractivity contribution < 1.29 is 9.53 Å². The third kappa shape index (κ3) is 6.44. The Morgan fingerprint density at radius 2 is 1.91 bits per heavy atom. The van der Waals surface area contributed by atoms with Gasteiger partial charge in [0.25, 0.3) is 5.91 Å². The summed E-state index contributed by atoms with van der Waals surface area (Å²) in [5, 5.41) is 12.3. The van der Waals surface area contributed by atoms with E-state index in [0.29, 0.717) is 12.3 Å². The van der Waals surface area contributed by atoms with Crippen LogP contribution in [-0.2, 0) is 17.8 Å². The van der Waals surface area contributed by atoms with Crippen molar-refractivity contribution in [3.05, 3.63) is 96.5 Å². The van der Waals surface area contributed by atoms with Gasteiger partial charge in [0, 0.05) is 5.69 Å². The van der Waals surface area contributed by atoms with E-state index in [1.54, 1.807) is 6.08 Å². The van der Waals surface area contributed by atoms with Crippen LogP contribution in [0.15, 0.2) is 70.7 Å². The largest absolute Gasteiger partial charge is 0.487 e. The number of ether oxygens (including phenoxy) is 1. The Balaban J connectivity index is 1.75. The van der Waals surface area contributed by atoms with Gasteiger partial charge in [-0.3, -0.25) is 4.79 Å². The van der Waals surface area contributed by atoms with Crippen LogP contribution in [0.3, 0.4) is 0 Å². The lowest BCUT2D eigenvalue weighted by Gasteiger charge is -2.12. The number of benzene rings is 3. The molecule has 162 valence electrons. The van der Waals surface area contributed by atoms with Crippen LogP contribution >= 0.6 is 38.5 Å². The Morgan fingerprint density at radius 3 is 2.53 bits per heavy atom. The van der Waals surface area contributed by atoms with E-state index in [1.165, 1.54) is 11.1 Å². The lowest BCUT2D eigenvalue weighted by molar-refractivity contribution is -0.112. The maximum atomic E-state index is 12.6. The molecule has 0 heterocycles. The molecule has 1 N–H and O–H groups in total. The molecule has 0 aromatic heterocycles. The molecular formula is C26H22BrIN2O2. The second kappa shape index (κ2) is 11.3. The van der Waals surface area contributed by atoms with E-state index in [-0.39, 0.29) is 5.57 Å². The Kier molecular flexibility index (Phi) is 8.48. The lowest BCUT2D eigenvalue weighted by atomic mass is 10.1. The van der Waals surface area contributed by atoms with Gasteiger partial charge in [-0.15, -0.1) is 0 Å². The van der Waals surface area contributed by atoms with Crippen LogP contribution in [0.4, 0.5) is 5.69 Å². The summed E-state index contributed by atoms with van der Waals surface area (Å²) in [6, 6.07) is 21.5. The average Bonchev–Trinajstić information content (AvgIpc) is 2.77. The molecule has 3 rings (SSSR count). The van der Waals surface area contributed by atoms with Crippen molar-refractivity contribution in [3.8, 4) is 11.8 Å². The second-order valence-corrected chi connectivity index (χ2v) is 9.28. The summed E-state index contributed by atoms with van der Waals surface area (Å²) in [6.45, 7) is 4.57. The Labute approximate surface area is 210 Å². The average molecular weight is 601 g/mol. The number of nitrogens with zero attached hydrogens (tertiary/aromatic N) is 1. The molecule has 3 aromatic rings. The van der Waals surface area contributed by atoms with E-state index in [2.05, 4.69) is 56.8 Å². The van der Waals surface area contributed by atoms with Crippen molar-refractivity contribution in [3.63, 3.8) is 0 Å². The summed E-state index contributed by atoms with van der Waals surface area (Å²) in [5.74, 6) is 0.283. The number of hydrogen-bond donors (Lipinski definition) is 1. The van der Waals surface area contributed by atoms with Crippen molar-refractivity contribution in [1.82, 2.24) is 0 Å². The highest BCUT2D eigenvalue weighted by Gasteiger charge is 2.13. The highest BCUT2D eigenvalue weighted by atomic mass is 127. The summed E-state index contributed by atoms with van der Waals surface area (Å²) in [7, 11) is 0. The van der Waals surface area contributed by atoms with E-state index < -0.39 is 5.91 Å². The first-order valence-electron chi connectivity index (χ1n) is 10.1. The van der Waals surface area contributed by atoms with E-state index in [9.17, 15) is 10.1 Å². The summed E-state index contributed by atoms with van der Waals surface area (Å²) < 4.78 is 7.66. The van der Waals surface area contributed by atoms with Crippen LogP contribution in [0.25, 0.3) is 6.08 Å². The molecule has 6 heteroatoms. The fourth-order valence-electron chi connectivity index (χ4n) is 3.10. The summed E-state index contributed by atoms with van der Waals surface area (Å²) in [6.07, 6.45) is 2.50. The van der Waals surface area contributed by atoms with Crippen LogP contribution in [-0.4, -0.2) is 5.91 Å². The van der Waals surface area contributed by atoms with Gasteiger partial charge in [0.15, 0.2) is 0 Å². The van der Waals surface area contributed by atoms with Gasteiger partial charge >= 0.3 is 0 Å². The van der Waals surface area contributed by atoms with Crippen LogP contribution in [0.2, 0.25) is 0 Å². The summed E-state index contributed by atoms with van der Waals surface area (Å²) in [5.41, 5.74) is 4.88. The van der Waals surface area contributed by atoms with Crippen molar-refractivity contribution in [2.45, 2.75) is 26.9 Å². The molecule has 32 heavy (non-hydrogen) atoms. The van der Waals surface area contributed by atoms with Crippen molar-refractivity contribution in [2.24, 2.45) is 0 Å². The monoisotopic (exact) mass is 600 g/mol. The minimum Gasteiger partial charge on any atom is -0.487 e. The molecule has 1 amide bonds. The van der Waals surface area contributed by atoms with Gasteiger partial charge in [-0.05, 0) is 98.9 Å². The minimum atomic E-state index is -0.442. The summed E-state index contributed by atoms with van der Waals surface area (Å²) >= 11 is 5.75. The van der Waals surface area contributed by atoms with Gasteiger partial charge in [0.2, 0.25) is 0 Å². The number of amides is 1. The van der Waals surface area contributed by atoms with Crippen molar-refractivity contribution in [1.29, 1.82) is 5.26 Å². The van der Waals surface area contributed by atoms with Gasteiger partial charge in [0.1, 0.15) is 24.0 Å². The Morgan fingerprint density at radius 1 is 1.16 bits per heavy atom. The molecule has 3 aromatic carbocycles. The maximum absolute atomic E-state index is 12.6. The molecule has 0 aliphatic carbocycles. The molecule has 0 atom stereocenters. The minimum absolute atomic E-state index is 0.0284. The first-order chi connectivity index (χ1) is 15.4. The molecule has 0 aliphatic rings. The molecule has 0 aliphatic heterocycles. The number of halogens is 2. The third-order valence-corrected chi connectivity index (χ3v) is 6.17. The quantitative estimate of drug-likeness (QED) is 0.180. The molecule has 0 saturated carbocycles. The molecule has 0 bridgehead atoms. The molecule has 0 radical (unpaired) electrons. The fourth-order valence-corrected chi connectivity index (χ4v) is 4.86. The number of nitriles is 1. The van der Waals surface area contributed by atoms with Gasteiger partial charge < -0.3 is 10.1 Å². The molecule has 0 spiro atoms. The number of aryl methyl sites for hydroxylation is 2. The Bertz CT molecular complexity index is 1170. The standard InChI is InChI=1S/C26H22BrIN2O2/c1-3-18-7-9-22(10-8-18)30-26(31)21(15-29)12-20-13-23(27)25(24(28)14-20)32-16-19-6-4-5-17(2)11-19/h4-14H,3,16H2,1-2H3,(H,30,31)/b21-12+. The number of carbonyl (C=O) groups excluding carboxylic acids is 1. The first kappa shape index (κ1) is 24.0. The normalized spacial score (nSPS) is 11.0. The molecule has 0 unspecified atom stereocenters. The van der Waals surface area contributed by atoms with E-state index in [0.717, 1.165) is 31.3 Å². The van der Waals surface area contributed by atoms with Crippen LogP contribution < -0.4 is 10.1 Å². The highest BCUT2D eigenvalue weighted by Crippen LogP contribution is 2.33. The summed E-state index contributed by atoms with van der Waals surface area (Å²) in [4.78, 5) is 12.6. The van der Waals surface area contributed by atoms with Crippen molar-refractivity contribution in [2.75, 3.05) is 5.32 Å². The zero-order valence-corrected chi connectivity index (χ0v) is 21.5. The van der Waals surface area contributed by atoms with Crippen LogP contribution in [0.1, 0.15) is 29.2 Å². The predicted molar refractivity (Wildman–Crippen MR) is 140 cm³/mol. The number of nitrogens with one attached hydrogen (secondary N) is 1. The second-order valence-electron chi connectivity index (χ2n) is 7.27. The number of hydrogen-bond acceptors (Lipinski definition) is 3. The van der Waals surface area contributed by atoms with E-state index in [1.807, 2.05) is 67.6 Å². The maximum Gasteiger partial charge on any atom is 0.266 e. The number of carbonyl (C=O) groups is 1. The van der Waals surface area contributed by atoms with Gasteiger partial charge in [-0.2, -0.15) is 5.26 Å². The number of anilines is 1. The van der Waals surface area contributed by atoms with Gasteiger partial charge in [-0.1, -0.05) is 48.9 Å². The molecule has 4 nitrogen and oxygen atoms in total. The fraction of sp³-hybridized carbons (Fsp3) is 0.154. The van der Waals surface area contributed by atoms with Gasteiger partial charge in [-0.25, -0.2) is 0 Å². The zero-order chi connectivity index (χ0) is 23.1. The molecular weight excluding hydrogens is 579 g/mol. The predicted octanol–water partition coefficient (Wildman–Crippen LogP) is 7.05. The van der Waals surface area contributed by atoms with Crippen molar-refractivity contribution >= 4 is 56.2 Å². The molecule has 0 saturated heterocycles. The zero-order valence-electron chi connectivity index (χ0n) is 17.8. The number of rotatable bonds is 7. The van der Waals surface area contributed by atoms with Crippen LogP contribution in [0, 0.1) is 21.8 Å². The van der Waals surface area contributed by atoms with E-state index >= 15 is 0 Å².